The molecule has 0 aromatic heterocycles. The van der Waals surface area contributed by atoms with Gasteiger partial charge in [0, 0.05) is 88.6 Å². The molecule has 3 aliphatic carbocycles. The maximum absolute atomic E-state index is 14.1. The van der Waals surface area contributed by atoms with Crippen LogP contribution in [0.25, 0.3) is 0 Å². The van der Waals surface area contributed by atoms with E-state index in [4.69, 9.17) is 27.6 Å². The number of rotatable bonds is 39. The van der Waals surface area contributed by atoms with Gasteiger partial charge in [0.1, 0.15) is 0 Å². The van der Waals surface area contributed by atoms with Gasteiger partial charge in [-0.25, -0.2) is 4.79 Å². The number of nitrogens with zero attached hydrogens (tertiary/aromatic N) is 2. The van der Waals surface area contributed by atoms with E-state index in [0.29, 0.717) is 61.7 Å². The number of unbranched alkanes of at least 4 members (excludes halogenated alkanes) is 2. The van der Waals surface area contributed by atoms with Crippen molar-refractivity contribution in [3.05, 3.63) is 71.4 Å². The average molecular weight is 1380 g/mol. The van der Waals surface area contributed by atoms with Gasteiger partial charge in [0.15, 0.2) is 51.6 Å². The Balaban J connectivity index is 0.928. The van der Waals surface area contributed by atoms with E-state index in [1.54, 1.807) is 24.8 Å². The van der Waals surface area contributed by atoms with E-state index in [2.05, 4.69) is 79.0 Å². The Bertz CT molecular complexity index is 3020. The number of hydrogen-bond acceptors (Lipinski definition) is 17. The Kier molecular flexibility index (Phi) is 26.3. The van der Waals surface area contributed by atoms with Crippen molar-refractivity contribution in [1.82, 2.24) is 31.1 Å². The number of ketones is 3. The molecule has 2 aliphatic heterocycles. The van der Waals surface area contributed by atoms with Crippen LogP contribution in [0.4, 0.5) is 4.79 Å². The first-order valence-electron chi connectivity index (χ1n) is 33.8. The van der Waals surface area contributed by atoms with Crippen LogP contribution in [0.15, 0.2) is 54.7 Å². The van der Waals surface area contributed by atoms with Gasteiger partial charge < -0.3 is 58.8 Å². The first-order chi connectivity index (χ1) is 43.7. The lowest BCUT2D eigenvalue weighted by Crippen LogP contribution is -2.76. The van der Waals surface area contributed by atoms with E-state index in [1.807, 2.05) is 48.6 Å². The third-order valence-corrected chi connectivity index (χ3v) is 35.5. The minimum atomic E-state index is -2.70. The van der Waals surface area contributed by atoms with Gasteiger partial charge in [0.2, 0.25) is 23.6 Å². The summed E-state index contributed by atoms with van der Waals surface area (Å²) < 4.78 is 32.9. The summed E-state index contributed by atoms with van der Waals surface area (Å²) in [7, 11) is -8.11. The number of likely N-dealkylation sites (tertiary alicyclic amines) is 1. The van der Waals surface area contributed by atoms with Crippen molar-refractivity contribution < 1.29 is 65.3 Å². The smallest absolute Gasteiger partial charge is 0.415 e. The molecule has 93 heavy (non-hydrogen) atoms. The molecule has 1 spiro atoms. The SMILES string of the molecule is C=C[Si](C)(O[Si](C)(C)C)O[Si](C)(C)O[Si](C)(CCCC)CCSCC(NC(C)=O)C(=O)CC(C)C(=O)NC(C)C(=O)CC(CCCCNC(=O)C(N)Cc1ccccc1)C(=O)NCCN(C)C(=O)Oc1ccc2c3c1O[C@H]1C(=O)CC[C@@]4(O)[C@@H](C2)N(CC2CC2)CC[C@]314. The number of Topliss-reactive ketones (excluding diaryl/α,β-unsaturated/α-hetero) is 3. The Morgan fingerprint density at radius 2 is 1.59 bits per heavy atom. The van der Waals surface area contributed by atoms with Crippen LogP contribution in [0.2, 0.25) is 57.9 Å². The highest BCUT2D eigenvalue weighted by Crippen LogP contribution is 2.65. The first kappa shape index (κ1) is 75.5. The normalized spacial score (nSPS) is 22.8. The molecule has 2 aromatic rings. The van der Waals surface area contributed by atoms with Crippen LogP contribution >= 0.6 is 11.8 Å². The monoisotopic (exact) mass is 1380 g/mol. The Hall–Kier alpha value is -4.88. The van der Waals surface area contributed by atoms with Crippen molar-refractivity contribution in [2.75, 3.05) is 51.3 Å². The van der Waals surface area contributed by atoms with Crippen LogP contribution in [0.3, 0.4) is 0 Å². The molecule has 11 atom stereocenters. The summed E-state index contributed by atoms with van der Waals surface area (Å²) in [5, 5.41) is 24.1. The number of piperidine rings is 1. The van der Waals surface area contributed by atoms with Gasteiger partial charge in [-0.3, -0.25) is 38.5 Å². The number of amides is 5. The number of aliphatic hydroxyl groups is 1. The molecule has 5 aliphatic rings. The number of carbonyl (C=O) groups excluding carboxylic acids is 8. The molecule has 5 amide bonds. The number of thioether (sulfide) groups is 1. The summed E-state index contributed by atoms with van der Waals surface area (Å²) >= 11 is 1.55. The lowest BCUT2D eigenvalue weighted by molar-refractivity contribution is -0.188. The van der Waals surface area contributed by atoms with E-state index >= 15 is 0 Å². The minimum Gasteiger partial charge on any atom is -0.477 e. The summed E-state index contributed by atoms with van der Waals surface area (Å²) in [4.78, 5) is 112. The van der Waals surface area contributed by atoms with Crippen molar-refractivity contribution in [3.8, 4) is 11.5 Å². The zero-order valence-corrected chi connectivity index (χ0v) is 62.2. The summed E-state index contributed by atoms with van der Waals surface area (Å²) in [6, 6.07) is 12.0. The second kappa shape index (κ2) is 32.4. The number of ether oxygens (including phenoxy) is 2. The van der Waals surface area contributed by atoms with Crippen LogP contribution in [0.5, 0.6) is 11.5 Å². The zero-order chi connectivity index (χ0) is 68.3. The van der Waals surface area contributed by atoms with E-state index < -0.39 is 105 Å². The first-order valence-corrected chi connectivity index (χ1v) is 46.4. The van der Waals surface area contributed by atoms with Crippen LogP contribution in [0, 0.1) is 17.8 Å². The third-order valence-electron chi connectivity index (χ3n) is 19.0. The highest BCUT2D eigenvalue weighted by Gasteiger charge is 2.73. The van der Waals surface area contributed by atoms with Gasteiger partial charge in [-0.15, -0.1) is 6.58 Å². The third kappa shape index (κ3) is 19.9. The molecule has 2 aromatic carbocycles. The van der Waals surface area contributed by atoms with Crippen LogP contribution in [0.1, 0.15) is 121 Å². The van der Waals surface area contributed by atoms with Crippen LogP contribution in [-0.2, 0) is 64.2 Å². The lowest BCUT2D eigenvalue weighted by Gasteiger charge is -2.62. The molecule has 1 saturated heterocycles. The van der Waals surface area contributed by atoms with Crippen LogP contribution in [-0.4, -0.2) is 183 Å². The van der Waals surface area contributed by atoms with Gasteiger partial charge in [-0.1, -0.05) is 75.2 Å². The van der Waals surface area contributed by atoms with Crippen molar-refractivity contribution in [3.63, 3.8) is 0 Å². The van der Waals surface area contributed by atoms with Crippen molar-refractivity contribution in [1.29, 1.82) is 0 Å². The number of hydrogen-bond donors (Lipinski definition) is 6. The van der Waals surface area contributed by atoms with E-state index in [0.717, 1.165) is 54.7 Å². The second-order valence-electron chi connectivity index (χ2n) is 28.7. The van der Waals surface area contributed by atoms with Gasteiger partial charge >= 0.3 is 23.2 Å². The van der Waals surface area contributed by atoms with Crippen molar-refractivity contribution in [2.45, 2.75) is 217 Å². The topological polar surface area (TPSA) is 284 Å². The molecular weight excluding hydrogens is 1270 g/mol. The maximum atomic E-state index is 14.1. The van der Waals surface area contributed by atoms with E-state index in [9.17, 15) is 43.5 Å². The molecule has 21 nitrogen and oxygen atoms in total. The molecule has 2 heterocycles. The average Bonchev–Trinajstić information content (AvgIpc) is 1.57. The Morgan fingerprint density at radius 1 is 0.882 bits per heavy atom. The predicted octanol–water partition coefficient (Wildman–Crippen LogP) is 7.90. The Morgan fingerprint density at radius 3 is 2.26 bits per heavy atom. The molecular formula is C67H107N7O14SSi4. The molecule has 3 fully saturated rings. The van der Waals surface area contributed by atoms with Gasteiger partial charge in [-0.05, 0) is 152 Å². The highest BCUT2D eigenvalue weighted by atomic mass is 32.2. The summed E-state index contributed by atoms with van der Waals surface area (Å²) in [6.07, 6.45) is 5.61. The zero-order valence-electron chi connectivity index (χ0n) is 57.3. The van der Waals surface area contributed by atoms with Crippen molar-refractivity contribution in [2.24, 2.45) is 23.5 Å². The molecule has 2 bridgehead atoms. The molecule has 0 radical (unpaired) electrons. The fourth-order valence-corrected chi connectivity index (χ4v) is 34.6. The van der Waals surface area contributed by atoms with Gasteiger partial charge in [0.05, 0.1) is 29.1 Å². The number of nitrogens with one attached hydrogen (secondary N) is 4. The number of carbonyl (C=O) groups is 8. The molecule has 2 saturated carbocycles. The Labute approximate surface area is 560 Å². The number of likely N-dealkylation sites (N-methyl/N-ethyl adjacent to an activating group) is 1. The molecule has 7 rings (SSSR count). The maximum Gasteiger partial charge on any atom is 0.415 e. The standard InChI is InChI=1S/C67H107N7O14SSi4/c1-14-16-37-92(12,87-91(10,11)88-93(13,15-2)86-90(7,8)9)38-36-89-44-53(72-47(5)75)56(78)39-45(3)62(79)71-46(4)55(77)41-51(24-20-21-32-69-64(81)52(68)40-48-22-18-17-19-23-48)63(80)70-33-35-73(6)65(82)84-57-28-27-50-42-58-67(83)30-29-54(76)61-66(67,59(50)60(57)85-61)31-34-74(58)43-49-25-26-49/h15,17-19,22-23,27-28,45-46,49,51-53,58,61,83H,2,14,16,20-21,24-26,29-44,68H2,1,3-13H3,(H,69,81)(H,70,80)(H,71,79)(H,72,75)/t45?,46?,51?,52?,53?,58-,61+,66+,67-,92?,93?/m1/s1. The number of nitrogens with two attached hydrogens (primary N) is 1. The van der Waals surface area contributed by atoms with Gasteiger partial charge in [0.25, 0.3) is 0 Å². The molecule has 516 valence electrons. The minimum absolute atomic E-state index is 0.00467. The van der Waals surface area contributed by atoms with E-state index in [-0.39, 0.29) is 80.5 Å². The molecule has 26 heteroatoms. The quantitative estimate of drug-likeness (QED) is 0.0274. The highest BCUT2D eigenvalue weighted by molar-refractivity contribution is 7.99. The molecule has 7 N–H and O–H groups in total. The second-order valence-corrected chi connectivity index (χ2v) is 45.7. The molecule has 7 unspecified atom stereocenters. The largest absolute Gasteiger partial charge is 0.477 e. The van der Waals surface area contributed by atoms with E-state index in [1.165, 1.54) is 38.6 Å². The van der Waals surface area contributed by atoms with Crippen LogP contribution < -0.4 is 36.5 Å². The number of benzene rings is 2. The summed E-state index contributed by atoms with van der Waals surface area (Å²) in [6.45, 7) is 27.5. The fraction of sp³-hybridized carbons (Fsp3) is 0.672. The lowest BCUT2D eigenvalue weighted by atomic mass is 9.49. The summed E-state index contributed by atoms with van der Waals surface area (Å²) in [5.41, 5.74) is 8.63. The summed E-state index contributed by atoms with van der Waals surface area (Å²) in [5.74, 6) is -2.09. The predicted molar refractivity (Wildman–Crippen MR) is 371 cm³/mol. The van der Waals surface area contributed by atoms with Crippen molar-refractivity contribution >= 4 is 92.6 Å². The fourth-order valence-electron chi connectivity index (χ4n) is 14.2. The van der Waals surface area contributed by atoms with Gasteiger partial charge in [-0.2, -0.15) is 11.8 Å².